The number of unbranched alkanes of at least 4 members (excludes halogenated alkanes) is 3. The Balaban J connectivity index is 0. The van der Waals surface area contributed by atoms with Crippen LogP contribution in [0.1, 0.15) is 32.6 Å². The summed E-state index contributed by atoms with van der Waals surface area (Å²) >= 11 is 2.30. The second kappa shape index (κ2) is 11.2. The Hall–Kier alpha value is 1.33. The van der Waals surface area contributed by atoms with Gasteiger partial charge >= 0.3 is 18.9 Å². The van der Waals surface area contributed by atoms with Crippen LogP contribution in [0.25, 0.3) is 0 Å². The third-order valence-electron chi connectivity index (χ3n) is 0.917. The Morgan fingerprint density at radius 2 is 2.00 bits per heavy atom. The van der Waals surface area contributed by atoms with Gasteiger partial charge in [0.15, 0.2) is 0 Å². The molecule has 8 heavy (non-hydrogen) atoms. The molecule has 0 radical (unpaired) electrons. The van der Waals surface area contributed by atoms with Crippen LogP contribution in [-0.4, -0.2) is 0 Å². The van der Waals surface area contributed by atoms with Gasteiger partial charge in [0.1, 0.15) is 0 Å². The smallest absolute Gasteiger partial charge is 0.316 e. The maximum atomic E-state index is 2.30. The summed E-state index contributed by atoms with van der Waals surface area (Å²) in [4.78, 5) is 0. The third-order valence-corrected chi connectivity index (χ3v) is 1.54. The van der Waals surface area contributed by atoms with Crippen LogP contribution in [0.2, 0.25) is 0 Å². The standard InChI is InChI=1S/C6H12I.Li/c1-2-3-4-5-6-7;/h6H,2-5H2,1H3;/q-1;+1. The predicted octanol–water partition coefficient (Wildman–Crippen LogP) is 0.167. The zero-order valence-corrected chi connectivity index (χ0v) is 7.94. The molecular weight excluding hydrogens is 206 g/mol. The van der Waals surface area contributed by atoms with Gasteiger partial charge in [-0.05, 0) is 0 Å². The van der Waals surface area contributed by atoms with Gasteiger partial charge in [-0.2, -0.15) is 6.42 Å². The van der Waals surface area contributed by atoms with Crippen LogP contribution in [0.4, 0.5) is 0 Å². The normalized spacial score (nSPS) is 8.25. The minimum Gasteiger partial charge on any atom is -0.316 e. The summed E-state index contributed by atoms with van der Waals surface area (Å²) in [5.74, 6) is 0. The molecule has 0 amide bonds. The Labute approximate surface area is 78.1 Å². The Kier molecular flexibility index (Phi) is 16.8. The van der Waals surface area contributed by atoms with E-state index < -0.39 is 0 Å². The van der Waals surface area contributed by atoms with Crippen molar-refractivity contribution in [3.63, 3.8) is 0 Å². The first-order valence-electron chi connectivity index (χ1n) is 2.83. The molecule has 0 nitrogen and oxygen atoms in total. The van der Waals surface area contributed by atoms with Crippen molar-refractivity contribution >= 4 is 22.6 Å². The van der Waals surface area contributed by atoms with Crippen LogP contribution in [0, 0.1) is 4.43 Å². The van der Waals surface area contributed by atoms with Crippen LogP contribution in [0.3, 0.4) is 0 Å². The van der Waals surface area contributed by atoms with E-state index >= 15 is 0 Å². The SMILES string of the molecule is CCCCC[CH-]I.[Li+]. The summed E-state index contributed by atoms with van der Waals surface area (Å²) in [6.45, 7) is 2.23. The molecule has 0 rings (SSSR count). The van der Waals surface area contributed by atoms with Crippen LogP contribution in [-0.2, 0) is 0 Å². The summed E-state index contributed by atoms with van der Waals surface area (Å²) in [5, 5.41) is 0. The van der Waals surface area contributed by atoms with E-state index in [2.05, 4.69) is 33.9 Å². The maximum Gasteiger partial charge on any atom is 1.00 e. The second-order valence-corrected chi connectivity index (χ2v) is 2.53. The van der Waals surface area contributed by atoms with E-state index in [1.807, 2.05) is 0 Å². The average Bonchev–Trinajstić information content (AvgIpc) is 1.69. The fourth-order valence-corrected chi connectivity index (χ4v) is 0.912. The van der Waals surface area contributed by atoms with E-state index in [1.54, 1.807) is 0 Å². The molecule has 0 spiro atoms. The topological polar surface area (TPSA) is 0 Å². The predicted molar refractivity (Wildman–Crippen MR) is 42.5 cm³/mol. The molecule has 0 aromatic rings. The number of halogens is 1. The molecular formula is C6H12ILi. The van der Waals surface area contributed by atoms with E-state index in [4.69, 9.17) is 0 Å². The van der Waals surface area contributed by atoms with E-state index in [0.717, 1.165) is 0 Å². The largest absolute Gasteiger partial charge is 1.00 e. The first-order valence-corrected chi connectivity index (χ1v) is 4.08. The number of hydrogen-bond acceptors (Lipinski definition) is 0. The van der Waals surface area contributed by atoms with Gasteiger partial charge in [-0.15, -0.1) is 0 Å². The summed E-state index contributed by atoms with van der Waals surface area (Å²) in [5.41, 5.74) is 0. The van der Waals surface area contributed by atoms with Gasteiger partial charge in [-0.3, -0.25) is 4.43 Å². The van der Waals surface area contributed by atoms with E-state index in [0.29, 0.717) is 0 Å². The first-order chi connectivity index (χ1) is 3.41. The molecule has 0 bridgehead atoms. The molecule has 0 N–H and O–H groups in total. The maximum absolute atomic E-state index is 2.30. The molecule has 44 valence electrons. The van der Waals surface area contributed by atoms with Crippen LogP contribution in [0.5, 0.6) is 0 Å². The minimum absolute atomic E-state index is 0. The number of rotatable bonds is 4. The molecule has 0 aliphatic carbocycles. The van der Waals surface area contributed by atoms with Crippen molar-refractivity contribution in [1.29, 1.82) is 0 Å². The quantitative estimate of drug-likeness (QED) is 0.273. The molecule has 0 saturated carbocycles. The van der Waals surface area contributed by atoms with Crippen LogP contribution < -0.4 is 18.9 Å². The fourth-order valence-electron chi connectivity index (χ4n) is 0.471. The van der Waals surface area contributed by atoms with E-state index in [-0.39, 0.29) is 18.9 Å². The van der Waals surface area contributed by atoms with Gasteiger partial charge in [-0.25, -0.2) is 0 Å². The van der Waals surface area contributed by atoms with Gasteiger partial charge < -0.3 is 22.6 Å². The zero-order valence-electron chi connectivity index (χ0n) is 5.78. The van der Waals surface area contributed by atoms with Crippen LogP contribution in [0.15, 0.2) is 0 Å². The van der Waals surface area contributed by atoms with Crippen molar-refractivity contribution in [2.45, 2.75) is 32.6 Å². The molecule has 0 aliphatic heterocycles. The van der Waals surface area contributed by atoms with Crippen molar-refractivity contribution < 1.29 is 18.9 Å². The van der Waals surface area contributed by atoms with Gasteiger partial charge in [0.05, 0.1) is 0 Å². The summed E-state index contributed by atoms with van der Waals surface area (Å²) < 4.78 is 2.20. The molecule has 0 saturated heterocycles. The molecule has 0 atom stereocenters. The van der Waals surface area contributed by atoms with Gasteiger partial charge in [-0.1, -0.05) is 26.2 Å². The van der Waals surface area contributed by atoms with Crippen molar-refractivity contribution in [3.05, 3.63) is 4.43 Å². The fraction of sp³-hybridized carbons (Fsp3) is 0.833. The second-order valence-electron chi connectivity index (χ2n) is 1.65. The van der Waals surface area contributed by atoms with Gasteiger partial charge in [0.2, 0.25) is 0 Å². The Morgan fingerprint density at radius 3 is 2.38 bits per heavy atom. The van der Waals surface area contributed by atoms with E-state index in [9.17, 15) is 0 Å². The molecule has 0 aromatic carbocycles. The Bertz CT molecular complexity index is 27.7. The van der Waals surface area contributed by atoms with Crippen molar-refractivity contribution in [3.8, 4) is 0 Å². The number of hydrogen-bond donors (Lipinski definition) is 0. The summed E-state index contributed by atoms with van der Waals surface area (Å²) in [7, 11) is 0. The molecule has 0 heterocycles. The summed E-state index contributed by atoms with van der Waals surface area (Å²) in [6, 6.07) is 0. The minimum atomic E-state index is 0. The van der Waals surface area contributed by atoms with E-state index in [1.165, 1.54) is 25.7 Å². The summed E-state index contributed by atoms with van der Waals surface area (Å²) in [6.07, 6.45) is 5.39. The monoisotopic (exact) mass is 218 g/mol. The molecule has 0 aliphatic rings. The first kappa shape index (κ1) is 12.0. The average molecular weight is 218 g/mol. The zero-order chi connectivity index (χ0) is 5.54. The Morgan fingerprint density at radius 1 is 1.38 bits per heavy atom. The molecule has 0 fully saturated rings. The van der Waals surface area contributed by atoms with Crippen LogP contribution >= 0.6 is 22.6 Å². The van der Waals surface area contributed by atoms with Gasteiger partial charge in [0.25, 0.3) is 0 Å². The molecule has 2 heteroatoms. The van der Waals surface area contributed by atoms with Gasteiger partial charge in [0, 0.05) is 0 Å². The molecule has 0 unspecified atom stereocenters. The van der Waals surface area contributed by atoms with Crippen molar-refractivity contribution in [1.82, 2.24) is 0 Å². The molecule has 0 aromatic heterocycles. The van der Waals surface area contributed by atoms with Crippen molar-refractivity contribution in [2.75, 3.05) is 0 Å². The van der Waals surface area contributed by atoms with Crippen molar-refractivity contribution in [2.24, 2.45) is 0 Å². The third kappa shape index (κ3) is 10.3.